The van der Waals surface area contributed by atoms with Crippen LogP contribution in [0.3, 0.4) is 0 Å². The van der Waals surface area contributed by atoms with E-state index in [0.717, 1.165) is 30.3 Å². The monoisotopic (exact) mass is 221 g/mol. The largest absolute Gasteiger partial charge is 0.394 e. The Labute approximate surface area is 96.5 Å². The fourth-order valence-corrected chi connectivity index (χ4v) is 1.74. The lowest BCUT2D eigenvalue weighted by atomic mass is 10.3. The standard InChI is InChI=1S/C11H19N5/c1-4-15(8-6-7-12)11-10(13)9(3)14-16(11)5-2/h4-6,8,13H2,1-3H3. The number of nitriles is 1. The molecule has 16 heavy (non-hydrogen) atoms. The summed E-state index contributed by atoms with van der Waals surface area (Å²) < 4.78 is 1.89. The van der Waals surface area contributed by atoms with Gasteiger partial charge in [0, 0.05) is 19.6 Å². The quantitative estimate of drug-likeness (QED) is 0.818. The summed E-state index contributed by atoms with van der Waals surface area (Å²) in [4.78, 5) is 2.10. The van der Waals surface area contributed by atoms with Gasteiger partial charge in [0.25, 0.3) is 0 Å². The average Bonchev–Trinajstić information content (AvgIpc) is 2.57. The molecule has 0 fully saturated rings. The van der Waals surface area contributed by atoms with E-state index in [2.05, 4.69) is 23.0 Å². The molecule has 0 saturated heterocycles. The summed E-state index contributed by atoms with van der Waals surface area (Å²) in [5.41, 5.74) is 7.60. The fraction of sp³-hybridized carbons (Fsp3) is 0.636. The number of aromatic nitrogens is 2. The second-order valence-corrected chi connectivity index (χ2v) is 3.63. The Morgan fingerprint density at radius 2 is 2.19 bits per heavy atom. The van der Waals surface area contributed by atoms with Gasteiger partial charge in [-0.25, -0.2) is 4.68 Å². The molecule has 0 aliphatic rings. The molecule has 1 heterocycles. The smallest absolute Gasteiger partial charge is 0.150 e. The van der Waals surface area contributed by atoms with Crippen molar-refractivity contribution in [3.63, 3.8) is 0 Å². The lowest BCUT2D eigenvalue weighted by Gasteiger charge is -2.23. The van der Waals surface area contributed by atoms with Crippen molar-refractivity contribution in [1.82, 2.24) is 9.78 Å². The molecule has 88 valence electrons. The minimum atomic E-state index is 0.501. The van der Waals surface area contributed by atoms with Crippen LogP contribution in [0, 0.1) is 18.3 Å². The van der Waals surface area contributed by atoms with E-state index < -0.39 is 0 Å². The first-order valence-corrected chi connectivity index (χ1v) is 5.60. The summed E-state index contributed by atoms with van der Waals surface area (Å²) in [6, 6.07) is 2.15. The van der Waals surface area contributed by atoms with Crippen molar-refractivity contribution >= 4 is 11.5 Å². The highest BCUT2D eigenvalue weighted by molar-refractivity contribution is 5.66. The van der Waals surface area contributed by atoms with Crippen molar-refractivity contribution in [2.24, 2.45) is 0 Å². The Morgan fingerprint density at radius 1 is 1.50 bits per heavy atom. The SMILES string of the molecule is CCN(CCC#N)c1c(N)c(C)nn1CC. The van der Waals surface area contributed by atoms with Gasteiger partial charge >= 0.3 is 0 Å². The highest BCUT2D eigenvalue weighted by Gasteiger charge is 2.16. The molecular formula is C11H19N5. The van der Waals surface area contributed by atoms with Gasteiger partial charge in [0.1, 0.15) is 0 Å². The van der Waals surface area contributed by atoms with Crippen molar-refractivity contribution in [2.75, 3.05) is 23.7 Å². The Hall–Kier alpha value is -1.70. The van der Waals surface area contributed by atoms with Gasteiger partial charge in [-0.2, -0.15) is 10.4 Å². The molecule has 0 bridgehead atoms. The summed E-state index contributed by atoms with van der Waals surface area (Å²) in [5, 5.41) is 13.0. The first-order valence-electron chi connectivity index (χ1n) is 5.60. The molecule has 0 aliphatic heterocycles. The number of hydrogen-bond acceptors (Lipinski definition) is 4. The van der Waals surface area contributed by atoms with Crippen molar-refractivity contribution in [3.8, 4) is 6.07 Å². The minimum absolute atomic E-state index is 0.501. The van der Waals surface area contributed by atoms with E-state index in [1.165, 1.54) is 0 Å². The molecule has 0 unspecified atom stereocenters. The first-order chi connectivity index (χ1) is 7.65. The Balaban J connectivity index is 3.03. The van der Waals surface area contributed by atoms with Crippen LogP contribution in [0.1, 0.15) is 26.0 Å². The van der Waals surface area contributed by atoms with E-state index >= 15 is 0 Å². The highest BCUT2D eigenvalue weighted by Crippen LogP contribution is 2.26. The van der Waals surface area contributed by atoms with Gasteiger partial charge in [-0.15, -0.1) is 0 Å². The van der Waals surface area contributed by atoms with Crippen molar-refractivity contribution < 1.29 is 0 Å². The number of rotatable bonds is 5. The lowest BCUT2D eigenvalue weighted by molar-refractivity contribution is 0.632. The maximum Gasteiger partial charge on any atom is 0.150 e. The lowest BCUT2D eigenvalue weighted by Crippen LogP contribution is -2.27. The molecule has 0 aromatic carbocycles. The third-order valence-electron chi connectivity index (χ3n) is 2.62. The van der Waals surface area contributed by atoms with Crippen LogP contribution in [-0.4, -0.2) is 22.9 Å². The summed E-state index contributed by atoms with van der Waals surface area (Å²) >= 11 is 0. The number of anilines is 2. The minimum Gasteiger partial charge on any atom is -0.394 e. The van der Waals surface area contributed by atoms with Crippen LogP contribution in [0.5, 0.6) is 0 Å². The van der Waals surface area contributed by atoms with E-state index in [1.54, 1.807) is 0 Å². The number of nitrogen functional groups attached to an aromatic ring is 1. The van der Waals surface area contributed by atoms with Gasteiger partial charge in [0.15, 0.2) is 5.82 Å². The highest BCUT2D eigenvalue weighted by atomic mass is 15.4. The van der Waals surface area contributed by atoms with Crippen LogP contribution in [0.2, 0.25) is 0 Å². The molecule has 1 aromatic heterocycles. The third kappa shape index (κ3) is 2.27. The van der Waals surface area contributed by atoms with Crippen LogP contribution in [0.15, 0.2) is 0 Å². The van der Waals surface area contributed by atoms with Gasteiger partial charge in [0.2, 0.25) is 0 Å². The van der Waals surface area contributed by atoms with Crippen molar-refractivity contribution in [3.05, 3.63) is 5.69 Å². The zero-order valence-electron chi connectivity index (χ0n) is 10.2. The number of nitrogens with two attached hydrogens (primary N) is 1. The fourth-order valence-electron chi connectivity index (χ4n) is 1.74. The molecule has 0 atom stereocenters. The summed E-state index contributed by atoms with van der Waals surface area (Å²) in [6.45, 7) is 8.31. The molecular weight excluding hydrogens is 202 g/mol. The molecule has 1 aromatic rings. The van der Waals surface area contributed by atoms with Gasteiger partial charge in [-0.3, -0.25) is 0 Å². The maximum absolute atomic E-state index is 8.63. The molecule has 1 rings (SSSR count). The molecule has 0 saturated carbocycles. The van der Waals surface area contributed by atoms with Crippen LogP contribution in [-0.2, 0) is 6.54 Å². The Kier molecular flexibility index (Phi) is 4.18. The van der Waals surface area contributed by atoms with E-state index in [1.807, 2.05) is 18.5 Å². The van der Waals surface area contributed by atoms with Crippen LogP contribution < -0.4 is 10.6 Å². The van der Waals surface area contributed by atoms with Gasteiger partial charge in [0.05, 0.1) is 23.9 Å². The summed E-state index contributed by atoms with van der Waals surface area (Å²) in [7, 11) is 0. The number of nitrogens with zero attached hydrogens (tertiary/aromatic N) is 4. The Bertz CT molecular complexity index is 388. The predicted molar refractivity (Wildman–Crippen MR) is 65.2 cm³/mol. The molecule has 0 spiro atoms. The van der Waals surface area contributed by atoms with E-state index in [-0.39, 0.29) is 0 Å². The van der Waals surface area contributed by atoms with Gasteiger partial charge in [-0.05, 0) is 20.8 Å². The average molecular weight is 221 g/mol. The van der Waals surface area contributed by atoms with Crippen molar-refractivity contribution in [2.45, 2.75) is 33.7 Å². The predicted octanol–water partition coefficient (Wildman–Crippen LogP) is 1.53. The molecule has 5 nitrogen and oxygen atoms in total. The maximum atomic E-state index is 8.63. The molecule has 0 aliphatic carbocycles. The first kappa shape index (κ1) is 12.4. The Morgan fingerprint density at radius 3 is 2.69 bits per heavy atom. The molecule has 0 amide bonds. The second kappa shape index (κ2) is 5.40. The molecule has 0 radical (unpaired) electrons. The van der Waals surface area contributed by atoms with Gasteiger partial charge < -0.3 is 10.6 Å². The molecule has 2 N–H and O–H groups in total. The van der Waals surface area contributed by atoms with Crippen LogP contribution in [0.25, 0.3) is 0 Å². The van der Waals surface area contributed by atoms with E-state index in [0.29, 0.717) is 13.0 Å². The molecule has 5 heteroatoms. The van der Waals surface area contributed by atoms with E-state index in [4.69, 9.17) is 11.0 Å². The summed E-state index contributed by atoms with van der Waals surface area (Å²) in [5.74, 6) is 0.942. The van der Waals surface area contributed by atoms with E-state index in [9.17, 15) is 0 Å². The zero-order chi connectivity index (χ0) is 12.1. The number of aryl methyl sites for hydroxylation is 2. The third-order valence-corrected chi connectivity index (χ3v) is 2.62. The number of hydrogen-bond donors (Lipinski definition) is 1. The normalized spacial score (nSPS) is 10.1. The zero-order valence-corrected chi connectivity index (χ0v) is 10.2. The van der Waals surface area contributed by atoms with Gasteiger partial charge in [-0.1, -0.05) is 0 Å². The van der Waals surface area contributed by atoms with Crippen molar-refractivity contribution in [1.29, 1.82) is 5.26 Å². The second-order valence-electron chi connectivity index (χ2n) is 3.63. The van der Waals surface area contributed by atoms with Crippen LogP contribution in [0.4, 0.5) is 11.5 Å². The topological polar surface area (TPSA) is 70.9 Å². The van der Waals surface area contributed by atoms with Crippen LogP contribution >= 0.6 is 0 Å². The summed E-state index contributed by atoms with van der Waals surface area (Å²) in [6.07, 6.45) is 0.501.